The van der Waals surface area contributed by atoms with Gasteiger partial charge in [-0.25, -0.2) is 9.97 Å². The van der Waals surface area contributed by atoms with E-state index in [0.717, 1.165) is 6.33 Å². The monoisotopic (exact) mass is 332 g/mol. The number of aromatic hydroxyl groups is 2. The number of hydrogen-bond donors (Lipinski definition) is 3. The molecule has 3 rings (SSSR count). The topological polar surface area (TPSA) is 121 Å². The Morgan fingerprint density at radius 1 is 1.17 bits per heavy atom. The molecule has 0 amide bonds. The highest BCUT2D eigenvalue weighted by molar-refractivity contribution is 6.32. The molecule has 0 aliphatic rings. The van der Waals surface area contributed by atoms with Crippen LogP contribution in [0.1, 0.15) is 0 Å². The van der Waals surface area contributed by atoms with Gasteiger partial charge in [-0.2, -0.15) is 0 Å². The largest absolute Gasteiger partial charge is 0.506 e. The zero-order chi connectivity index (χ0) is 16.6. The van der Waals surface area contributed by atoms with Gasteiger partial charge < -0.3 is 15.5 Å². The number of nitro groups is 1. The first-order valence-corrected chi connectivity index (χ1v) is 6.72. The van der Waals surface area contributed by atoms with E-state index in [2.05, 4.69) is 15.3 Å². The molecule has 0 unspecified atom stereocenters. The van der Waals surface area contributed by atoms with Crippen LogP contribution in [0.3, 0.4) is 0 Å². The van der Waals surface area contributed by atoms with Crippen molar-refractivity contribution in [3.8, 4) is 11.6 Å². The van der Waals surface area contributed by atoms with Crippen molar-refractivity contribution in [3.05, 3.63) is 51.8 Å². The summed E-state index contributed by atoms with van der Waals surface area (Å²) >= 11 is 5.84. The SMILES string of the molecule is O=[N+]([O-])c1ccc(Nc2ccc(O)c(Cl)c2)c2c(O)ncnc12. The number of benzene rings is 2. The Morgan fingerprint density at radius 3 is 2.65 bits per heavy atom. The summed E-state index contributed by atoms with van der Waals surface area (Å²) in [7, 11) is 0. The number of phenolic OH excluding ortho intramolecular Hbond substituents is 1. The minimum Gasteiger partial charge on any atom is -0.506 e. The summed E-state index contributed by atoms with van der Waals surface area (Å²) in [4.78, 5) is 18.0. The maximum atomic E-state index is 11.1. The highest BCUT2D eigenvalue weighted by atomic mass is 35.5. The molecule has 8 nitrogen and oxygen atoms in total. The van der Waals surface area contributed by atoms with Gasteiger partial charge in [-0.05, 0) is 24.3 Å². The Hall–Kier alpha value is -3.13. The highest BCUT2D eigenvalue weighted by Gasteiger charge is 2.19. The summed E-state index contributed by atoms with van der Waals surface area (Å²) in [6, 6.07) is 7.15. The number of anilines is 2. The lowest BCUT2D eigenvalue weighted by Crippen LogP contribution is -1.97. The Kier molecular flexibility index (Phi) is 3.59. The minimum atomic E-state index is -0.587. The number of aromatic nitrogens is 2. The fourth-order valence-corrected chi connectivity index (χ4v) is 2.32. The van der Waals surface area contributed by atoms with E-state index in [0.29, 0.717) is 11.4 Å². The molecule has 9 heteroatoms. The van der Waals surface area contributed by atoms with Crippen LogP contribution in [0.15, 0.2) is 36.7 Å². The molecule has 0 fully saturated rings. The van der Waals surface area contributed by atoms with Crippen molar-refractivity contribution in [1.82, 2.24) is 9.97 Å². The molecular weight excluding hydrogens is 324 g/mol. The molecule has 0 radical (unpaired) electrons. The van der Waals surface area contributed by atoms with Crippen molar-refractivity contribution in [1.29, 1.82) is 0 Å². The molecule has 0 spiro atoms. The number of nitro benzene ring substituents is 1. The van der Waals surface area contributed by atoms with E-state index in [1.165, 1.54) is 24.3 Å². The summed E-state index contributed by atoms with van der Waals surface area (Å²) in [5.74, 6) is -0.456. The summed E-state index contributed by atoms with van der Waals surface area (Å²) in [5.41, 5.74) is 0.654. The third kappa shape index (κ3) is 2.67. The van der Waals surface area contributed by atoms with Gasteiger partial charge in [0.2, 0.25) is 5.88 Å². The average Bonchev–Trinajstić information content (AvgIpc) is 2.51. The molecule has 2 aromatic carbocycles. The quantitative estimate of drug-likeness (QED) is 0.382. The zero-order valence-corrected chi connectivity index (χ0v) is 12.2. The molecule has 0 saturated carbocycles. The van der Waals surface area contributed by atoms with E-state index in [4.69, 9.17) is 11.6 Å². The first-order chi connectivity index (χ1) is 11.0. The molecule has 3 N–H and O–H groups in total. The Balaban J connectivity index is 2.16. The Morgan fingerprint density at radius 2 is 1.96 bits per heavy atom. The lowest BCUT2D eigenvalue weighted by molar-refractivity contribution is -0.383. The number of hydrogen-bond acceptors (Lipinski definition) is 7. The summed E-state index contributed by atoms with van der Waals surface area (Å²) in [6.45, 7) is 0. The molecule has 116 valence electrons. The minimum absolute atomic E-state index is 0.0115. The highest BCUT2D eigenvalue weighted by Crippen LogP contribution is 2.36. The molecule has 0 aliphatic carbocycles. The van der Waals surface area contributed by atoms with Crippen LogP contribution in [0.5, 0.6) is 11.6 Å². The van der Waals surface area contributed by atoms with Crippen LogP contribution in [0.2, 0.25) is 5.02 Å². The van der Waals surface area contributed by atoms with E-state index in [1.807, 2.05) is 0 Å². The molecule has 0 aliphatic heterocycles. The molecular formula is C14H9ClN4O4. The number of phenols is 1. The normalized spacial score (nSPS) is 10.7. The first-order valence-electron chi connectivity index (χ1n) is 6.34. The van der Waals surface area contributed by atoms with Crippen LogP contribution in [0, 0.1) is 10.1 Å². The smallest absolute Gasteiger partial charge is 0.295 e. The predicted molar refractivity (Wildman–Crippen MR) is 84.3 cm³/mol. The van der Waals surface area contributed by atoms with Gasteiger partial charge in [0.25, 0.3) is 5.69 Å². The van der Waals surface area contributed by atoms with Gasteiger partial charge in [-0.15, -0.1) is 0 Å². The van der Waals surface area contributed by atoms with Gasteiger partial charge in [0.1, 0.15) is 12.1 Å². The molecule has 3 aromatic rings. The van der Waals surface area contributed by atoms with Crippen molar-refractivity contribution in [2.75, 3.05) is 5.32 Å². The number of nitrogens with one attached hydrogen (secondary N) is 1. The first kappa shape index (κ1) is 14.8. The van der Waals surface area contributed by atoms with Crippen molar-refractivity contribution in [3.63, 3.8) is 0 Å². The average molecular weight is 333 g/mol. The number of nitrogens with zero attached hydrogens (tertiary/aromatic N) is 3. The summed E-state index contributed by atoms with van der Waals surface area (Å²) in [6.07, 6.45) is 1.05. The second-order valence-corrected chi connectivity index (χ2v) is 5.01. The van der Waals surface area contributed by atoms with Gasteiger partial charge in [0, 0.05) is 11.8 Å². The molecule has 1 aromatic heterocycles. The van der Waals surface area contributed by atoms with E-state index in [9.17, 15) is 20.3 Å². The molecule has 0 saturated heterocycles. The van der Waals surface area contributed by atoms with Gasteiger partial charge in [-0.1, -0.05) is 11.6 Å². The summed E-state index contributed by atoms with van der Waals surface area (Å²) < 4.78 is 0. The number of halogens is 1. The fraction of sp³-hybridized carbons (Fsp3) is 0. The maximum absolute atomic E-state index is 11.1. The van der Waals surface area contributed by atoms with Gasteiger partial charge >= 0.3 is 0 Å². The number of rotatable bonds is 3. The van der Waals surface area contributed by atoms with E-state index in [-0.39, 0.29) is 33.2 Å². The van der Waals surface area contributed by atoms with Crippen molar-refractivity contribution in [2.24, 2.45) is 0 Å². The van der Waals surface area contributed by atoms with Crippen LogP contribution in [0.4, 0.5) is 17.1 Å². The molecule has 0 bridgehead atoms. The second kappa shape index (κ2) is 5.58. The van der Waals surface area contributed by atoms with Crippen LogP contribution >= 0.6 is 11.6 Å². The van der Waals surface area contributed by atoms with Crippen molar-refractivity contribution >= 4 is 39.6 Å². The molecule has 0 atom stereocenters. The van der Waals surface area contributed by atoms with Crippen LogP contribution in [-0.4, -0.2) is 25.1 Å². The van der Waals surface area contributed by atoms with E-state index < -0.39 is 4.92 Å². The maximum Gasteiger partial charge on any atom is 0.295 e. The van der Waals surface area contributed by atoms with Crippen LogP contribution in [-0.2, 0) is 0 Å². The third-order valence-corrected chi connectivity index (χ3v) is 3.47. The lowest BCUT2D eigenvalue weighted by Gasteiger charge is -2.11. The van der Waals surface area contributed by atoms with Gasteiger partial charge in [-0.3, -0.25) is 10.1 Å². The van der Waals surface area contributed by atoms with Gasteiger partial charge in [0.15, 0.2) is 5.52 Å². The Bertz CT molecular complexity index is 932. The number of fused-ring (bicyclic) bond motifs is 1. The third-order valence-electron chi connectivity index (χ3n) is 3.17. The van der Waals surface area contributed by atoms with Crippen molar-refractivity contribution < 1.29 is 15.1 Å². The standard InChI is InChI=1S/C14H9ClN4O4/c15-8-5-7(1-4-11(8)20)18-9-2-3-10(19(22)23)13-12(9)14(21)17-6-16-13/h1-6,18,20H,(H,16,17,21). The summed E-state index contributed by atoms with van der Waals surface area (Å²) in [5, 5.41) is 33.7. The fourth-order valence-electron chi connectivity index (χ4n) is 2.13. The predicted octanol–water partition coefficient (Wildman–Crippen LogP) is 3.35. The Labute approximate surface area is 134 Å². The van der Waals surface area contributed by atoms with E-state index in [1.54, 1.807) is 6.07 Å². The lowest BCUT2D eigenvalue weighted by atomic mass is 10.1. The molecule has 23 heavy (non-hydrogen) atoms. The van der Waals surface area contributed by atoms with Crippen LogP contribution < -0.4 is 5.32 Å². The number of non-ortho nitro benzene ring substituents is 1. The van der Waals surface area contributed by atoms with Gasteiger partial charge in [0.05, 0.1) is 21.0 Å². The van der Waals surface area contributed by atoms with Crippen molar-refractivity contribution in [2.45, 2.75) is 0 Å². The zero-order valence-electron chi connectivity index (χ0n) is 11.4. The second-order valence-electron chi connectivity index (χ2n) is 4.60. The van der Waals surface area contributed by atoms with Crippen LogP contribution in [0.25, 0.3) is 10.9 Å². The molecule has 1 heterocycles. The van der Waals surface area contributed by atoms with E-state index >= 15 is 0 Å².